The largest absolute Gasteiger partial charge is 0.346 e. The van der Waals surface area contributed by atoms with E-state index in [9.17, 15) is 9.59 Å². The number of rotatable bonds is 4. The van der Waals surface area contributed by atoms with Crippen LogP contribution in [0.2, 0.25) is 0 Å². The molecular weight excluding hydrogens is 352 g/mol. The Morgan fingerprint density at radius 2 is 1.93 bits per heavy atom. The molecule has 0 bridgehead atoms. The number of hydrogen-bond donors (Lipinski definition) is 0. The summed E-state index contributed by atoms with van der Waals surface area (Å²) in [5.41, 5.74) is 2.61. The van der Waals surface area contributed by atoms with E-state index in [2.05, 4.69) is 5.10 Å². The molecule has 4 rings (SSSR count). The highest BCUT2D eigenvalue weighted by Gasteiger charge is 2.34. The zero-order valence-corrected chi connectivity index (χ0v) is 16.2. The number of hydrogen-bond acceptors (Lipinski definition) is 3. The van der Waals surface area contributed by atoms with Crippen molar-refractivity contribution in [1.29, 1.82) is 0 Å². The fraction of sp³-hybridized carbons (Fsp3) is 0.318. The Morgan fingerprint density at radius 1 is 1.14 bits per heavy atom. The van der Waals surface area contributed by atoms with Gasteiger partial charge in [0, 0.05) is 19.2 Å². The number of benzene rings is 2. The van der Waals surface area contributed by atoms with Crippen molar-refractivity contribution < 1.29 is 4.79 Å². The average Bonchev–Trinajstić information content (AvgIpc) is 3.29. The normalized spacial score (nSPS) is 16.5. The number of nitrogens with zero attached hydrogens (tertiary/aromatic N) is 4. The third-order valence-corrected chi connectivity index (χ3v) is 5.30. The van der Waals surface area contributed by atoms with Crippen LogP contribution in [0.25, 0.3) is 0 Å². The molecule has 0 N–H and O–H groups in total. The van der Waals surface area contributed by atoms with Crippen molar-refractivity contribution in [1.82, 2.24) is 19.2 Å². The van der Waals surface area contributed by atoms with E-state index in [1.165, 1.54) is 4.68 Å². The first kappa shape index (κ1) is 18.2. The highest BCUT2D eigenvalue weighted by molar-refractivity contribution is 5.94. The van der Waals surface area contributed by atoms with Crippen LogP contribution in [0.15, 0.2) is 59.4 Å². The summed E-state index contributed by atoms with van der Waals surface area (Å²) in [6.07, 6.45) is 1.71. The Bertz CT molecular complexity index is 1050. The van der Waals surface area contributed by atoms with Gasteiger partial charge in [-0.25, -0.2) is 9.48 Å². The van der Waals surface area contributed by atoms with Gasteiger partial charge in [-0.1, -0.05) is 48.0 Å². The average molecular weight is 376 g/mol. The van der Waals surface area contributed by atoms with Gasteiger partial charge in [-0.2, -0.15) is 5.10 Å². The van der Waals surface area contributed by atoms with Crippen LogP contribution in [0.4, 0.5) is 0 Å². The summed E-state index contributed by atoms with van der Waals surface area (Å²) < 4.78 is 3.06. The van der Waals surface area contributed by atoms with Crippen LogP contribution in [0.1, 0.15) is 46.2 Å². The molecule has 1 saturated heterocycles. The first-order chi connectivity index (χ1) is 13.5. The van der Waals surface area contributed by atoms with Gasteiger partial charge in [-0.3, -0.25) is 9.36 Å². The van der Waals surface area contributed by atoms with E-state index in [1.807, 2.05) is 66.4 Å². The Morgan fingerprint density at radius 3 is 2.68 bits per heavy atom. The third-order valence-electron chi connectivity index (χ3n) is 5.30. The van der Waals surface area contributed by atoms with E-state index in [0.717, 1.165) is 24.0 Å². The van der Waals surface area contributed by atoms with Crippen molar-refractivity contribution in [3.63, 3.8) is 0 Å². The van der Waals surface area contributed by atoms with Crippen molar-refractivity contribution in [2.45, 2.75) is 32.4 Å². The molecule has 1 fully saturated rings. The monoisotopic (exact) mass is 376 g/mol. The minimum absolute atomic E-state index is 0.00411. The van der Waals surface area contributed by atoms with Gasteiger partial charge in [0.05, 0.1) is 12.6 Å². The number of aryl methyl sites for hydroxylation is 2. The van der Waals surface area contributed by atoms with Crippen LogP contribution in [0.5, 0.6) is 0 Å². The number of likely N-dealkylation sites (tertiary alicyclic amines) is 1. The third kappa shape index (κ3) is 3.38. The van der Waals surface area contributed by atoms with E-state index in [-0.39, 0.29) is 17.6 Å². The molecule has 2 aromatic carbocycles. The van der Waals surface area contributed by atoms with E-state index in [4.69, 9.17) is 0 Å². The van der Waals surface area contributed by atoms with E-state index < -0.39 is 0 Å². The molecule has 1 unspecified atom stereocenters. The SMILES string of the molecule is Cc1cccc(C(=O)N2CCCC2c2nn(C)c(=O)n2Cc2ccccc2)c1. The summed E-state index contributed by atoms with van der Waals surface area (Å²) in [5, 5.41) is 4.51. The van der Waals surface area contributed by atoms with Crippen LogP contribution >= 0.6 is 0 Å². The zero-order chi connectivity index (χ0) is 19.7. The summed E-state index contributed by atoms with van der Waals surface area (Å²) in [5.74, 6) is 0.658. The summed E-state index contributed by atoms with van der Waals surface area (Å²) in [4.78, 5) is 27.7. The van der Waals surface area contributed by atoms with Gasteiger partial charge < -0.3 is 4.90 Å². The summed E-state index contributed by atoms with van der Waals surface area (Å²) in [6.45, 7) is 3.11. The van der Waals surface area contributed by atoms with E-state index >= 15 is 0 Å². The molecule has 0 spiro atoms. The van der Waals surface area contributed by atoms with Gasteiger partial charge in [0.15, 0.2) is 5.82 Å². The zero-order valence-electron chi connectivity index (χ0n) is 16.2. The number of aromatic nitrogens is 3. The van der Waals surface area contributed by atoms with Crippen LogP contribution < -0.4 is 5.69 Å². The molecule has 1 aromatic heterocycles. The lowest BCUT2D eigenvalue weighted by molar-refractivity contribution is 0.0727. The lowest BCUT2D eigenvalue weighted by Crippen LogP contribution is -2.33. The molecule has 1 amide bonds. The first-order valence-corrected chi connectivity index (χ1v) is 9.60. The summed E-state index contributed by atoms with van der Waals surface area (Å²) >= 11 is 0. The quantitative estimate of drug-likeness (QED) is 0.703. The first-order valence-electron chi connectivity index (χ1n) is 9.60. The number of carbonyl (C=O) groups is 1. The second kappa shape index (κ2) is 7.46. The smallest absolute Gasteiger partial charge is 0.328 e. The Hall–Kier alpha value is -3.15. The van der Waals surface area contributed by atoms with Crippen LogP contribution in [-0.2, 0) is 13.6 Å². The minimum Gasteiger partial charge on any atom is -0.328 e. The van der Waals surface area contributed by atoms with Crippen molar-refractivity contribution >= 4 is 5.91 Å². The Labute approximate surface area is 164 Å². The molecule has 0 radical (unpaired) electrons. The summed E-state index contributed by atoms with van der Waals surface area (Å²) in [6, 6.07) is 17.3. The minimum atomic E-state index is -0.189. The Balaban J connectivity index is 1.69. The number of carbonyl (C=O) groups excluding carboxylic acids is 1. The Kier molecular flexibility index (Phi) is 4.86. The molecule has 2 heterocycles. The molecule has 1 aliphatic heterocycles. The molecule has 0 aliphatic carbocycles. The van der Waals surface area contributed by atoms with Crippen molar-refractivity contribution in [2.75, 3.05) is 6.54 Å². The standard InChI is InChI=1S/C22H24N4O2/c1-16-8-6-11-18(14-16)21(27)25-13-7-12-19(25)20-23-24(2)22(28)26(20)15-17-9-4-3-5-10-17/h3-6,8-11,14,19H,7,12-13,15H2,1-2H3. The van der Waals surface area contributed by atoms with Gasteiger partial charge in [0.1, 0.15) is 0 Å². The van der Waals surface area contributed by atoms with Gasteiger partial charge in [0.2, 0.25) is 0 Å². The maximum absolute atomic E-state index is 13.1. The van der Waals surface area contributed by atoms with Crippen LogP contribution in [0, 0.1) is 6.92 Å². The van der Waals surface area contributed by atoms with Crippen molar-refractivity contribution in [3.8, 4) is 0 Å². The van der Waals surface area contributed by atoms with Crippen molar-refractivity contribution in [3.05, 3.63) is 87.6 Å². The van der Waals surface area contributed by atoms with Gasteiger partial charge in [-0.05, 0) is 37.5 Å². The number of amides is 1. The van der Waals surface area contributed by atoms with Gasteiger partial charge >= 0.3 is 5.69 Å². The maximum atomic E-state index is 13.1. The maximum Gasteiger partial charge on any atom is 0.346 e. The highest BCUT2D eigenvalue weighted by atomic mass is 16.2. The van der Waals surface area contributed by atoms with Crippen LogP contribution in [0.3, 0.4) is 0 Å². The lowest BCUT2D eigenvalue weighted by Gasteiger charge is -2.24. The molecule has 6 nitrogen and oxygen atoms in total. The molecule has 1 atom stereocenters. The van der Waals surface area contributed by atoms with E-state index in [0.29, 0.717) is 24.5 Å². The van der Waals surface area contributed by atoms with Crippen LogP contribution in [-0.4, -0.2) is 31.7 Å². The second-order valence-corrected chi connectivity index (χ2v) is 7.36. The second-order valence-electron chi connectivity index (χ2n) is 7.36. The highest BCUT2D eigenvalue weighted by Crippen LogP contribution is 2.32. The molecule has 144 valence electrons. The molecule has 3 aromatic rings. The van der Waals surface area contributed by atoms with Crippen molar-refractivity contribution in [2.24, 2.45) is 7.05 Å². The topological polar surface area (TPSA) is 60.1 Å². The van der Waals surface area contributed by atoms with Gasteiger partial charge in [0.25, 0.3) is 5.91 Å². The molecule has 1 aliphatic rings. The molecule has 0 saturated carbocycles. The molecular formula is C22H24N4O2. The predicted molar refractivity (Wildman–Crippen MR) is 107 cm³/mol. The fourth-order valence-corrected chi connectivity index (χ4v) is 3.91. The fourth-order valence-electron chi connectivity index (χ4n) is 3.91. The summed E-state index contributed by atoms with van der Waals surface area (Å²) in [7, 11) is 1.66. The van der Waals surface area contributed by atoms with E-state index in [1.54, 1.807) is 11.6 Å². The molecule has 28 heavy (non-hydrogen) atoms. The van der Waals surface area contributed by atoms with Gasteiger partial charge in [-0.15, -0.1) is 0 Å². The molecule has 6 heteroatoms. The lowest BCUT2D eigenvalue weighted by atomic mass is 10.1. The predicted octanol–water partition coefficient (Wildman–Crippen LogP) is 2.92.